The van der Waals surface area contributed by atoms with Crippen LogP contribution in [0.4, 0.5) is 0 Å². The van der Waals surface area contributed by atoms with Gasteiger partial charge in [-0.3, -0.25) is 0 Å². The van der Waals surface area contributed by atoms with E-state index in [-0.39, 0.29) is 0 Å². The molecule has 3 aromatic rings. The maximum atomic E-state index is 9.20. The third-order valence-electron chi connectivity index (χ3n) is 3.08. The molecule has 1 aromatic heterocycles. The van der Waals surface area contributed by atoms with Crippen LogP contribution < -0.4 is 5.46 Å². The lowest BCUT2D eigenvalue weighted by Crippen LogP contribution is -2.29. The Bertz CT molecular complexity index is 728. The largest absolute Gasteiger partial charge is 0.488 e. The van der Waals surface area contributed by atoms with Gasteiger partial charge in [0.1, 0.15) is 0 Å². The van der Waals surface area contributed by atoms with E-state index in [4.69, 9.17) is 0 Å². The van der Waals surface area contributed by atoms with Gasteiger partial charge in [-0.25, -0.2) is 4.98 Å². The van der Waals surface area contributed by atoms with Crippen LogP contribution in [0.2, 0.25) is 0 Å². The van der Waals surface area contributed by atoms with Gasteiger partial charge < -0.3 is 10.0 Å². The Kier molecular flexibility index (Phi) is 3.03. The number of benzene rings is 2. The highest BCUT2D eigenvalue weighted by atomic mass is 16.4. The normalized spacial score (nSPS) is 10.6. The average Bonchev–Trinajstić information content (AvgIpc) is 2.47. The molecule has 92 valence electrons. The smallest absolute Gasteiger partial charge is 0.423 e. The standard InChI is InChI=1S/C15H12BNO2/c18-16(19)13-6-3-5-12(10-13)15-9-8-11-4-1-2-7-14(11)17-15/h1-10,18-19H. The lowest BCUT2D eigenvalue weighted by Gasteiger charge is -2.05. The van der Waals surface area contributed by atoms with Gasteiger partial charge in [0.05, 0.1) is 11.2 Å². The van der Waals surface area contributed by atoms with E-state index in [9.17, 15) is 10.0 Å². The van der Waals surface area contributed by atoms with Gasteiger partial charge in [-0.05, 0) is 23.2 Å². The van der Waals surface area contributed by atoms with Crippen LogP contribution >= 0.6 is 0 Å². The molecule has 0 saturated carbocycles. The van der Waals surface area contributed by atoms with Crippen LogP contribution in [0.15, 0.2) is 60.7 Å². The van der Waals surface area contributed by atoms with Gasteiger partial charge in [0.2, 0.25) is 0 Å². The summed E-state index contributed by atoms with van der Waals surface area (Å²) in [5.74, 6) is 0. The summed E-state index contributed by atoms with van der Waals surface area (Å²) in [6.07, 6.45) is 0. The molecular formula is C15H12BNO2. The van der Waals surface area contributed by atoms with Crippen LogP contribution in [-0.2, 0) is 0 Å². The van der Waals surface area contributed by atoms with Gasteiger partial charge in [-0.1, -0.05) is 48.5 Å². The van der Waals surface area contributed by atoms with E-state index in [1.807, 2.05) is 42.5 Å². The summed E-state index contributed by atoms with van der Waals surface area (Å²) in [5, 5.41) is 19.5. The summed E-state index contributed by atoms with van der Waals surface area (Å²) in [6.45, 7) is 0. The minimum atomic E-state index is -1.46. The number of pyridine rings is 1. The molecule has 0 aliphatic carbocycles. The highest BCUT2D eigenvalue weighted by Crippen LogP contribution is 2.20. The van der Waals surface area contributed by atoms with Crippen molar-refractivity contribution in [2.24, 2.45) is 0 Å². The van der Waals surface area contributed by atoms with Crippen molar-refractivity contribution < 1.29 is 10.0 Å². The van der Waals surface area contributed by atoms with Crippen molar-refractivity contribution in [2.75, 3.05) is 0 Å². The SMILES string of the molecule is OB(O)c1cccc(-c2ccc3ccccc3n2)c1. The van der Waals surface area contributed by atoms with E-state index in [2.05, 4.69) is 4.98 Å². The zero-order valence-corrected chi connectivity index (χ0v) is 10.2. The van der Waals surface area contributed by atoms with Crippen molar-refractivity contribution in [3.8, 4) is 11.3 Å². The maximum Gasteiger partial charge on any atom is 0.488 e. The molecule has 0 amide bonds. The van der Waals surface area contributed by atoms with E-state index < -0.39 is 7.12 Å². The molecule has 4 heteroatoms. The minimum Gasteiger partial charge on any atom is -0.423 e. The third-order valence-corrected chi connectivity index (χ3v) is 3.08. The molecule has 0 aliphatic heterocycles. The minimum absolute atomic E-state index is 0.465. The second kappa shape index (κ2) is 4.84. The first-order valence-electron chi connectivity index (χ1n) is 6.06. The molecule has 0 fully saturated rings. The van der Waals surface area contributed by atoms with Crippen LogP contribution in [0.25, 0.3) is 22.2 Å². The first-order valence-corrected chi connectivity index (χ1v) is 6.06. The van der Waals surface area contributed by atoms with E-state index in [0.29, 0.717) is 5.46 Å². The van der Waals surface area contributed by atoms with Gasteiger partial charge >= 0.3 is 7.12 Å². The first-order chi connectivity index (χ1) is 9.24. The number of nitrogens with zero attached hydrogens (tertiary/aromatic N) is 1. The van der Waals surface area contributed by atoms with Gasteiger partial charge in [-0.15, -0.1) is 0 Å². The molecular weight excluding hydrogens is 237 g/mol. The van der Waals surface area contributed by atoms with Crippen LogP contribution in [0.5, 0.6) is 0 Å². The molecule has 0 unspecified atom stereocenters. The molecule has 0 bridgehead atoms. The Morgan fingerprint density at radius 3 is 2.53 bits per heavy atom. The van der Waals surface area contributed by atoms with Crippen LogP contribution in [0.1, 0.15) is 0 Å². The van der Waals surface area contributed by atoms with E-state index in [1.54, 1.807) is 18.2 Å². The molecule has 3 nitrogen and oxygen atoms in total. The quantitative estimate of drug-likeness (QED) is 0.678. The average molecular weight is 249 g/mol. The zero-order valence-electron chi connectivity index (χ0n) is 10.2. The predicted octanol–water partition coefficient (Wildman–Crippen LogP) is 1.58. The predicted molar refractivity (Wildman–Crippen MR) is 77.0 cm³/mol. The molecule has 19 heavy (non-hydrogen) atoms. The summed E-state index contributed by atoms with van der Waals surface area (Å²) in [6, 6.07) is 19.0. The van der Waals surface area contributed by atoms with Crippen molar-refractivity contribution in [3.05, 3.63) is 60.7 Å². The number of hydrogen-bond acceptors (Lipinski definition) is 3. The summed E-state index contributed by atoms with van der Waals surface area (Å²) in [4.78, 5) is 4.58. The number of rotatable bonds is 2. The lowest BCUT2D eigenvalue weighted by molar-refractivity contribution is 0.426. The fourth-order valence-corrected chi connectivity index (χ4v) is 2.09. The van der Waals surface area contributed by atoms with Crippen LogP contribution in [-0.4, -0.2) is 22.2 Å². The second-order valence-electron chi connectivity index (χ2n) is 4.39. The third kappa shape index (κ3) is 2.36. The van der Waals surface area contributed by atoms with Crippen molar-refractivity contribution >= 4 is 23.5 Å². The lowest BCUT2D eigenvalue weighted by atomic mass is 9.79. The highest BCUT2D eigenvalue weighted by Gasteiger charge is 2.11. The number of fused-ring (bicyclic) bond motifs is 1. The van der Waals surface area contributed by atoms with Crippen LogP contribution in [0.3, 0.4) is 0 Å². The molecule has 1 heterocycles. The Labute approximate surface area is 111 Å². The molecule has 0 atom stereocenters. The number of para-hydroxylation sites is 1. The number of hydrogen-bond donors (Lipinski definition) is 2. The van der Waals surface area contributed by atoms with Crippen molar-refractivity contribution in [1.82, 2.24) is 4.98 Å². The van der Waals surface area contributed by atoms with E-state index in [0.717, 1.165) is 22.2 Å². The molecule has 2 aromatic carbocycles. The monoisotopic (exact) mass is 249 g/mol. The van der Waals surface area contributed by atoms with Gasteiger partial charge in [0, 0.05) is 5.39 Å². The molecule has 0 spiro atoms. The zero-order chi connectivity index (χ0) is 13.2. The summed E-state index contributed by atoms with van der Waals surface area (Å²) in [7, 11) is -1.46. The van der Waals surface area contributed by atoms with Gasteiger partial charge in [0.15, 0.2) is 0 Å². The molecule has 3 rings (SSSR count). The van der Waals surface area contributed by atoms with E-state index in [1.165, 1.54) is 0 Å². The Hall–Kier alpha value is -2.17. The summed E-state index contributed by atoms with van der Waals surface area (Å²) in [5.41, 5.74) is 3.08. The fraction of sp³-hybridized carbons (Fsp3) is 0. The summed E-state index contributed by atoms with van der Waals surface area (Å²) >= 11 is 0. The van der Waals surface area contributed by atoms with E-state index >= 15 is 0 Å². The molecule has 2 N–H and O–H groups in total. The molecule has 0 radical (unpaired) electrons. The van der Waals surface area contributed by atoms with Gasteiger partial charge in [-0.2, -0.15) is 0 Å². The Morgan fingerprint density at radius 1 is 0.842 bits per heavy atom. The highest BCUT2D eigenvalue weighted by molar-refractivity contribution is 6.58. The number of aromatic nitrogens is 1. The van der Waals surface area contributed by atoms with Crippen molar-refractivity contribution in [3.63, 3.8) is 0 Å². The maximum absolute atomic E-state index is 9.20. The fourth-order valence-electron chi connectivity index (χ4n) is 2.09. The Balaban J connectivity index is 2.11. The Morgan fingerprint density at radius 2 is 1.68 bits per heavy atom. The molecule has 0 aliphatic rings. The van der Waals surface area contributed by atoms with Crippen molar-refractivity contribution in [1.29, 1.82) is 0 Å². The van der Waals surface area contributed by atoms with Gasteiger partial charge in [0.25, 0.3) is 0 Å². The van der Waals surface area contributed by atoms with Crippen LogP contribution in [0, 0.1) is 0 Å². The van der Waals surface area contributed by atoms with Crippen molar-refractivity contribution in [2.45, 2.75) is 0 Å². The summed E-state index contributed by atoms with van der Waals surface area (Å²) < 4.78 is 0. The second-order valence-corrected chi connectivity index (χ2v) is 4.39. The molecule has 0 saturated heterocycles. The first kappa shape index (κ1) is 11.9. The topological polar surface area (TPSA) is 53.4 Å².